The van der Waals surface area contributed by atoms with Crippen LogP contribution >= 0.6 is 0 Å². The van der Waals surface area contributed by atoms with Crippen molar-refractivity contribution >= 4 is 17.6 Å². The second kappa shape index (κ2) is 6.17. The number of nitrogens with two attached hydrogens (primary N) is 1. The first kappa shape index (κ1) is 14.9. The molecule has 0 fully saturated rings. The predicted octanol–water partition coefficient (Wildman–Crippen LogP) is 1.64. The fourth-order valence-electron chi connectivity index (χ4n) is 1.60. The molecular weight excluding hydrogens is 251 g/mol. The zero-order valence-electron chi connectivity index (χ0n) is 10.8. The Labute approximate surface area is 110 Å². The van der Waals surface area contributed by atoms with Crippen LogP contribution in [0.5, 0.6) is 0 Å². The number of amides is 1. The van der Waals surface area contributed by atoms with Crippen molar-refractivity contribution in [1.82, 2.24) is 5.32 Å². The second-order valence-electron chi connectivity index (χ2n) is 4.73. The lowest BCUT2D eigenvalue weighted by Gasteiger charge is -2.16. The van der Waals surface area contributed by atoms with E-state index >= 15 is 0 Å². The molecule has 0 aliphatic carbocycles. The van der Waals surface area contributed by atoms with Crippen molar-refractivity contribution in [3.63, 3.8) is 0 Å². The number of carboxylic acids is 1. The fraction of sp³-hybridized carbons (Fsp3) is 0.385. The first-order chi connectivity index (χ1) is 8.81. The Morgan fingerprint density at radius 2 is 2.05 bits per heavy atom. The van der Waals surface area contributed by atoms with Gasteiger partial charge in [-0.25, -0.2) is 9.18 Å². The highest BCUT2D eigenvalue weighted by Crippen LogP contribution is 2.13. The van der Waals surface area contributed by atoms with E-state index in [1.54, 1.807) is 0 Å². The van der Waals surface area contributed by atoms with Crippen molar-refractivity contribution in [1.29, 1.82) is 0 Å². The van der Waals surface area contributed by atoms with Gasteiger partial charge in [-0.05, 0) is 30.5 Å². The van der Waals surface area contributed by atoms with Gasteiger partial charge < -0.3 is 16.2 Å². The highest BCUT2D eigenvalue weighted by Gasteiger charge is 2.22. The Morgan fingerprint density at radius 3 is 2.53 bits per heavy atom. The van der Waals surface area contributed by atoms with E-state index in [1.807, 2.05) is 13.8 Å². The Kier molecular flexibility index (Phi) is 4.86. The number of carbonyl (C=O) groups is 2. The van der Waals surface area contributed by atoms with Crippen LogP contribution in [0.1, 0.15) is 30.6 Å². The zero-order chi connectivity index (χ0) is 14.6. The predicted molar refractivity (Wildman–Crippen MR) is 69.2 cm³/mol. The summed E-state index contributed by atoms with van der Waals surface area (Å²) in [5.74, 6) is -2.34. The van der Waals surface area contributed by atoms with E-state index in [-0.39, 0.29) is 17.2 Å². The summed E-state index contributed by atoms with van der Waals surface area (Å²) in [5, 5.41) is 11.4. The molecule has 0 aromatic heterocycles. The van der Waals surface area contributed by atoms with E-state index in [9.17, 15) is 14.0 Å². The molecule has 0 aliphatic heterocycles. The molecule has 19 heavy (non-hydrogen) atoms. The first-order valence-corrected chi connectivity index (χ1v) is 5.90. The third-order valence-electron chi connectivity index (χ3n) is 2.57. The lowest BCUT2D eigenvalue weighted by atomic mass is 10.0. The van der Waals surface area contributed by atoms with Gasteiger partial charge in [0.2, 0.25) is 0 Å². The van der Waals surface area contributed by atoms with Crippen molar-refractivity contribution in [3.05, 3.63) is 29.6 Å². The van der Waals surface area contributed by atoms with Crippen LogP contribution < -0.4 is 11.1 Å². The SMILES string of the molecule is CC(C)C[C@H](NC(=O)c1ccc(N)c(F)c1)C(=O)O. The molecule has 0 spiro atoms. The largest absolute Gasteiger partial charge is 0.480 e. The van der Waals surface area contributed by atoms with E-state index in [1.165, 1.54) is 12.1 Å². The van der Waals surface area contributed by atoms with Gasteiger partial charge in [-0.15, -0.1) is 0 Å². The van der Waals surface area contributed by atoms with Gasteiger partial charge in [-0.3, -0.25) is 4.79 Å². The normalized spacial score (nSPS) is 12.2. The van der Waals surface area contributed by atoms with Crippen LogP contribution in [0.3, 0.4) is 0 Å². The third-order valence-corrected chi connectivity index (χ3v) is 2.57. The van der Waals surface area contributed by atoms with Crippen molar-refractivity contribution < 1.29 is 19.1 Å². The number of carboxylic acid groups (broad SMARTS) is 1. The van der Waals surface area contributed by atoms with E-state index in [4.69, 9.17) is 10.8 Å². The smallest absolute Gasteiger partial charge is 0.326 e. The van der Waals surface area contributed by atoms with Crippen molar-refractivity contribution in [3.8, 4) is 0 Å². The molecule has 0 bridgehead atoms. The summed E-state index contributed by atoms with van der Waals surface area (Å²) in [4.78, 5) is 22.8. The molecule has 0 saturated carbocycles. The molecule has 1 aromatic carbocycles. The van der Waals surface area contributed by atoms with Crippen molar-refractivity contribution in [2.75, 3.05) is 5.73 Å². The summed E-state index contributed by atoms with van der Waals surface area (Å²) in [7, 11) is 0. The number of aliphatic carboxylic acids is 1. The Hall–Kier alpha value is -2.11. The molecule has 1 aromatic rings. The van der Waals surface area contributed by atoms with Gasteiger partial charge in [0.15, 0.2) is 0 Å². The number of benzene rings is 1. The van der Waals surface area contributed by atoms with Gasteiger partial charge in [-0.2, -0.15) is 0 Å². The maximum Gasteiger partial charge on any atom is 0.326 e. The lowest BCUT2D eigenvalue weighted by molar-refractivity contribution is -0.139. The molecule has 4 N–H and O–H groups in total. The molecular formula is C13H17FN2O3. The van der Waals surface area contributed by atoms with Gasteiger partial charge in [-0.1, -0.05) is 13.8 Å². The molecule has 104 valence electrons. The second-order valence-corrected chi connectivity index (χ2v) is 4.73. The number of halogens is 1. The van der Waals surface area contributed by atoms with Crippen LogP contribution in [0.4, 0.5) is 10.1 Å². The molecule has 1 atom stereocenters. The summed E-state index contributed by atoms with van der Waals surface area (Å²) >= 11 is 0. The molecule has 0 heterocycles. The minimum atomic E-state index is -1.11. The maximum absolute atomic E-state index is 13.2. The van der Waals surface area contributed by atoms with Crippen LogP contribution in [0.15, 0.2) is 18.2 Å². The Bertz CT molecular complexity index is 489. The van der Waals surface area contributed by atoms with Crippen LogP contribution in [0, 0.1) is 11.7 Å². The quantitative estimate of drug-likeness (QED) is 0.708. The van der Waals surface area contributed by atoms with Gasteiger partial charge in [0, 0.05) is 5.56 Å². The van der Waals surface area contributed by atoms with Gasteiger partial charge in [0.05, 0.1) is 5.69 Å². The average Bonchev–Trinajstić information content (AvgIpc) is 2.31. The molecule has 5 nitrogen and oxygen atoms in total. The topological polar surface area (TPSA) is 92.4 Å². The minimum Gasteiger partial charge on any atom is -0.480 e. The summed E-state index contributed by atoms with van der Waals surface area (Å²) in [5.41, 5.74) is 5.29. The third kappa shape index (κ3) is 4.24. The van der Waals surface area contributed by atoms with Crippen LogP contribution in [-0.4, -0.2) is 23.0 Å². The highest BCUT2D eigenvalue weighted by atomic mass is 19.1. The van der Waals surface area contributed by atoms with Crippen LogP contribution in [0.25, 0.3) is 0 Å². The van der Waals surface area contributed by atoms with Crippen LogP contribution in [-0.2, 0) is 4.79 Å². The molecule has 1 amide bonds. The first-order valence-electron chi connectivity index (χ1n) is 5.90. The summed E-state index contributed by atoms with van der Waals surface area (Å²) in [6.45, 7) is 3.70. The molecule has 0 radical (unpaired) electrons. The molecule has 1 rings (SSSR count). The Morgan fingerprint density at radius 1 is 1.42 bits per heavy atom. The number of anilines is 1. The standard InChI is InChI=1S/C13H17FN2O3/c1-7(2)5-11(13(18)19)16-12(17)8-3-4-10(15)9(14)6-8/h3-4,6-7,11H,5,15H2,1-2H3,(H,16,17)(H,18,19)/t11-/m0/s1. The maximum atomic E-state index is 13.2. The number of carbonyl (C=O) groups excluding carboxylic acids is 1. The number of rotatable bonds is 5. The number of hydrogen-bond acceptors (Lipinski definition) is 3. The zero-order valence-corrected chi connectivity index (χ0v) is 10.8. The van der Waals surface area contributed by atoms with Gasteiger partial charge in [0.25, 0.3) is 5.91 Å². The summed E-state index contributed by atoms with van der Waals surface area (Å²) < 4.78 is 13.2. The molecule has 0 unspecified atom stereocenters. The van der Waals surface area contributed by atoms with Crippen molar-refractivity contribution in [2.24, 2.45) is 5.92 Å². The number of nitrogen functional groups attached to an aromatic ring is 1. The fourth-order valence-corrected chi connectivity index (χ4v) is 1.60. The highest BCUT2D eigenvalue weighted by molar-refractivity contribution is 5.96. The summed E-state index contributed by atoms with van der Waals surface area (Å²) in [6, 6.07) is 2.61. The number of nitrogens with one attached hydrogen (secondary N) is 1. The molecule has 6 heteroatoms. The minimum absolute atomic E-state index is 0.0432. The average molecular weight is 268 g/mol. The van der Waals surface area contributed by atoms with Gasteiger partial charge >= 0.3 is 5.97 Å². The van der Waals surface area contributed by atoms with E-state index in [0.717, 1.165) is 6.07 Å². The van der Waals surface area contributed by atoms with E-state index in [2.05, 4.69) is 5.32 Å². The monoisotopic (exact) mass is 268 g/mol. The van der Waals surface area contributed by atoms with Gasteiger partial charge in [0.1, 0.15) is 11.9 Å². The Balaban J connectivity index is 2.81. The van der Waals surface area contributed by atoms with E-state index in [0.29, 0.717) is 6.42 Å². The summed E-state index contributed by atoms with van der Waals surface area (Å²) in [6.07, 6.45) is 0.304. The van der Waals surface area contributed by atoms with Crippen molar-refractivity contribution in [2.45, 2.75) is 26.3 Å². The van der Waals surface area contributed by atoms with Crippen LogP contribution in [0.2, 0.25) is 0 Å². The number of hydrogen-bond donors (Lipinski definition) is 3. The lowest BCUT2D eigenvalue weighted by Crippen LogP contribution is -2.41. The molecule has 0 aliphatic rings. The molecule has 0 saturated heterocycles. The van der Waals surface area contributed by atoms with E-state index < -0.39 is 23.7 Å².